The van der Waals surface area contributed by atoms with Gasteiger partial charge in [-0.25, -0.2) is 4.99 Å². The van der Waals surface area contributed by atoms with Crippen molar-refractivity contribution in [2.75, 3.05) is 33.7 Å². The molecule has 1 aromatic heterocycles. The molecule has 0 aliphatic rings. The Hall–Kier alpha value is -1.39. The van der Waals surface area contributed by atoms with Gasteiger partial charge in [-0.05, 0) is 12.3 Å². The number of guanidine groups is 1. The van der Waals surface area contributed by atoms with Crippen LogP contribution in [0.2, 0.25) is 0 Å². The van der Waals surface area contributed by atoms with Crippen LogP contribution in [0.4, 0.5) is 0 Å². The molecule has 0 fully saturated rings. The second kappa shape index (κ2) is 15.5. The maximum atomic E-state index is 11.9. The van der Waals surface area contributed by atoms with Crippen molar-refractivity contribution in [2.24, 2.45) is 10.9 Å². The molecule has 0 spiro atoms. The molecule has 1 unspecified atom stereocenters. The number of aliphatic imine (C=N–C) groups is 1. The molecule has 0 aromatic carbocycles. The highest BCUT2D eigenvalue weighted by molar-refractivity contribution is 14.0. The van der Waals surface area contributed by atoms with Crippen LogP contribution in [0.25, 0.3) is 0 Å². The van der Waals surface area contributed by atoms with Crippen molar-refractivity contribution in [3.05, 3.63) is 12.2 Å². The first-order valence-electron chi connectivity index (χ1n) is 10.1. The predicted molar refractivity (Wildman–Crippen MR) is 125 cm³/mol. The summed E-state index contributed by atoms with van der Waals surface area (Å²) in [4.78, 5) is 17.9. The minimum absolute atomic E-state index is 0. The van der Waals surface area contributed by atoms with Crippen LogP contribution in [0.15, 0.2) is 11.3 Å². The molecule has 1 amide bonds. The first kappa shape index (κ1) is 26.6. The lowest BCUT2D eigenvalue weighted by atomic mass is 9.99. The maximum Gasteiger partial charge on any atom is 0.243 e. The number of carbonyl (C=O) groups excluding carboxylic acids is 1. The van der Waals surface area contributed by atoms with Crippen molar-refractivity contribution in [1.29, 1.82) is 0 Å². The SMILES string of the molecule is CCCCC(CC)CNC(=NCC(=O)N(C)C)NCCn1cnnc1CC.I. The third kappa shape index (κ3) is 10.2. The zero-order chi connectivity index (χ0) is 20.1. The van der Waals surface area contributed by atoms with E-state index >= 15 is 0 Å². The number of aromatic nitrogens is 3. The largest absolute Gasteiger partial charge is 0.356 e. The third-order valence-corrected chi connectivity index (χ3v) is 4.63. The van der Waals surface area contributed by atoms with Gasteiger partial charge in [0.1, 0.15) is 18.7 Å². The van der Waals surface area contributed by atoms with Gasteiger partial charge in [-0.15, -0.1) is 34.2 Å². The van der Waals surface area contributed by atoms with Crippen LogP contribution in [-0.2, 0) is 17.8 Å². The molecule has 9 heteroatoms. The lowest BCUT2D eigenvalue weighted by molar-refractivity contribution is -0.127. The van der Waals surface area contributed by atoms with Gasteiger partial charge in [0.25, 0.3) is 0 Å². The molecule has 0 aliphatic carbocycles. The zero-order valence-electron chi connectivity index (χ0n) is 18.1. The molecule has 0 radical (unpaired) electrons. The quantitative estimate of drug-likeness (QED) is 0.258. The summed E-state index contributed by atoms with van der Waals surface area (Å²) in [6.45, 7) is 8.96. The number of likely N-dealkylation sites (N-methyl/N-ethyl adjacent to an activating group) is 1. The Morgan fingerprint density at radius 3 is 2.64 bits per heavy atom. The number of rotatable bonds is 12. The monoisotopic (exact) mass is 507 g/mol. The maximum absolute atomic E-state index is 11.9. The minimum atomic E-state index is -0.0128. The highest BCUT2D eigenvalue weighted by Crippen LogP contribution is 2.11. The molecule has 28 heavy (non-hydrogen) atoms. The van der Waals surface area contributed by atoms with Gasteiger partial charge in [-0.1, -0.05) is 40.0 Å². The lowest BCUT2D eigenvalue weighted by Crippen LogP contribution is -2.42. The molecule has 2 N–H and O–H groups in total. The van der Waals surface area contributed by atoms with E-state index in [9.17, 15) is 4.79 Å². The summed E-state index contributed by atoms with van der Waals surface area (Å²) < 4.78 is 2.03. The van der Waals surface area contributed by atoms with Crippen LogP contribution in [0.1, 0.15) is 52.3 Å². The van der Waals surface area contributed by atoms with Gasteiger partial charge in [0.2, 0.25) is 5.91 Å². The number of hydrogen-bond donors (Lipinski definition) is 2. The van der Waals surface area contributed by atoms with Crippen LogP contribution in [-0.4, -0.2) is 65.3 Å². The molecule has 1 rings (SSSR count). The second-order valence-electron chi connectivity index (χ2n) is 6.97. The van der Waals surface area contributed by atoms with Crippen molar-refractivity contribution in [2.45, 2.75) is 59.4 Å². The smallest absolute Gasteiger partial charge is 0.243 e. The molecule has 1 heterocycles. The topological polar surface area (TPSA) is 87.4 Å². The van der Waals surface area contributed by atoms with Crippen LogP contribution in [0, 0.1) is 5.92 Å². The second-order valence-corrected chi connectivity index (χ2v) is 6.97. The fraction of sp³-hybridized carbons (Fsp3) is 0.789. The summed E-state index contributed by atoms with van der Waals surface area (Å²) in [5.41, 5.74) is 0. The number of halogens is 1. The number of carbonyl (C=O) groups is 1. The molecule has 1 aromatic rings. The summed E-state index contributed by atoms with van der Waals surface area (Å²) in [6.07, 6.45) is 7.41. The molecular formula is C19H38IN7O. The van der Waals surface area contributed by atoms with Crippen molar-refractivity contribution in [3.8, 4) is 0 Å². The third-order valence-electron chi connectivity index (χ3n) is 4.63. The summed E-state index contributed by atoms with van der Waals surface area (Å²) >= 11 is 0. The van der Waals surface area contributed by atoms with Crippen molar-refractivity contribution >= 4 is 35.8 Å². The molecule has 0 aliphatic heterocycles. The Kier molecular flexibility index (Phi) is 14.8. The van der Waals surface area contributed by atoms with Gasteiger partial charge in [0, 0.05) is 40.2 Å². The molecular weight excluding hydrogens is 469 g/mol. The van der Waals surface area contributed by atoms with Crippen LogP contribution < -0.4 is 10.6 Å². The van der Waals surface area contributed by atoms with E-state index in [-0.39, 0.29) is 36.4 Å². The van der Waals surface area contributed by atoms with Gasteiger partial charge in [0.05, 0.1) is 0 Å². The fourth-order valence-corrected chi connectivity index (χ4v) is 2.68. The number of hydrogen-bond acceptors (Lipinski definition) is 4. The zero-order valence-corrected chi connectivity index (χ0v) is 20.4. The van der Waals surface area contributed by atoms with Gasteiger partial charge in [0.15, 0.2) is 5.96 Å². The van der Waals surface area contributed by atoms with Crippen molar-refractivity contribution in [3.63, 3.8) is 0 Å². The summed E-state index contributed by atoms with van der Waals surface area (Å²) in [5, 5.41) is 14.8. The number of nitrogens with zero attached hydrogens (tertiary/aromatic N) is 5. The van der Waals surface area contributed by atoms with Crippen molar-refractivity contribution < 1.29 is 4.79 Å². The average Bonchev–Trinajstić information content (AvgIpc) is 3.12. The number of unbranched alkanes of at least 4 members (excludes halogenated alkanes) is 1. The Bertz CT molecular complexity index is 574. The van der Waals surface area contributed by atoms with E-state index < -0.39 is 0 Å². The van der Waals surface area contributed by atoms with E-state index in [0.717, 1.165) is 31.8 Å². The Labute approximate surface area is 187 Å². The molecule has 0 saturated carbocycles. The molecule has 0 bridgehead atoms. The highest BCUT2D eigenvalue weighted by Gasteiger charge is 2.09. The van der Waals surface area contributed by atoms with Crippen LogP contribution in [0.5, 0.6) is 0 Å². The van der Waals surface area contributed by atoms with Crippen LogP contribution in [0.3, 0.4) is 0 Å². The molecule has 162 valence electrons. The van der Waals surface area contributed by atoms with Crippen molar-refractivity contribution in [1.82, 2.24) is 30.3 Å². The first-order valence-corrected chi connectivity index (χ1v) is 10.1. The van der Waals surface area contributed by atoms with Crippen LogP contribution >= 0.6 is 24.0 Å². The molecule has 8 nitrogen and oxygen atoms in total. The Morgan fingerprint density at radius 2 is 2.04 bits per heavy atom. The van der Waals surface area contributed by atoms with E-state index in [0.29, 0.717) is 18.4 Å². The summed E-state index contributed by atoms with van der Waals surface area (Å²) in [7, 11) is 3.49. The van der Waals surface area contributed by atoms with E-state index in [2.05, 4.69) is 46.6 Å². The van der Waals surface area contributed by atoms with E-state index in [1.165, 1.54) is 19.3 Å². The predicted octanol–water partition coefficient (Wildman–Crippen LogP) is 2.30. The Balaban J connectivity index is 0.00000729. The van der Waals surface area contributed by atoms with Gasteiger partial charge in [-0.2, -0.15) is 0 Å². The minimum Gasteiger partial charge on any atom is -0.356 e. The van der Waals surface area contributed by atoms with E-state index in [1.54, 1.807) is 25.3 Å². The standard InChI is InChI=1S/C19H37N7O.HI/c1-6-9-10-16(7-2)13-21-19(22-14-18(27)25(4)5)20-11-12-26-15-23-24-17(26)8-3;/h15-16H,6-14H2,1-5H3,(H2,20,21,22);1H. The van der Waals surface area contributed by atoms with E-state index in [4.69, 9.17) is 0 Å². The van der Waals surface area contributed by atoms with Gasteiger partial charge in [-0.3, -0.25) is 4.79 Å². The normalized spacial score (nSPS) is 12.2. The fourth-order valence-electron chi connectivity index (χ4n) is 2.68. The number of amides is 1. The lowest BCUT2D eigenvalue weighted by Gasteiger charge is -2.19. The number of nitrogens with one attached hydrogen (secondary N) is 2. The number of aryl methyl sites for hydroxylation is 1. The average molecular weight is 507 g/mol. The first-order chi connectivity index (χ1) is 13.0. The molecule has 0 saturated heterocycles. The van der Waals surface area contributed by atoms with E-state index in [1.807, 2.05) is 4.57 Å². The van der Waals surface area contributed by atoms with Gasteiger partial charge >= 0.3 is 0 Å². The Morgan fingerprint density at radius 1 is 1.29 bits per heavy atom. The summed E-state index contributed by atoms with van der Waals surface area (Å²) in [5.74, 6) is 2.26. The highest BCUT2D eigenvalue weighted by atomic mass is 127. The van der Waals surface area contributed by atoms with Gasteiger partial charge < -0.3 is 20.1 Å². The summed E-state index contributed by atoms with van der Waals surface area (Å²) in [6, 6.07) is 0. The molecule has 1 atom stereocenters.